The lowest BCUT2D eigenvalue weighted by Crippen LogP contribution is -2.56. The molecule has 136 valence electrons. The Bertz CT molecular complexity index is 640. The van der Waals surface area contributed by atoms with Crippen molar-refractivity contribution in [2.45, 2.75) is 51.5 Å². The van der Waals surface area contributed by atoms with Gasteiger partial charge < -0.3 is 10.1 Å². The van der Waals surface area contributed by atoms with Gasteiger partial charge in [-0.3, -0.25) is 4.79 Å². The first-order valence-electron chi connectivity index (χ1n) is 9.31. The summed E-state index contributed by atoms with van der Waals surface area (Å²) in [6.07, 6.45) is 8.09. The van der Waals surface area contributed by atoms with Crippen molar-refractivity contribution >= 4 is 29.1 Å². The number of benzene rings is 1. The molecule has 1 aromatic carbocycles. The van der Waals surface area contributed by atoms with Crippen LogP contribution in [0.25, 0.3) is 0 Å². The van der Waals surface area contributed by atoms with E-state index in [0.29, 0.717) is 21.2 Å². The average Bonchev–Trinajstić information content (AvgIpc) is 2.52. The van der Waals surface area contributed by atoms with E-state index in [0.717, 1.165) is 17.8 Å². The Morgan fingerprint density at radius 3 is 2.36 bits per heavy atom. The maximum Gasteiger partial charge on any atom is 0.258 e. The Labute approximate surface area is 159 Å². The molecule has 25 heavy (non-hydrogen) atoms. The molecule has 1 aromatic rings. The molecule has 1 N–H and O–H groups in total. The zero-order chi connectivity index (χ0) is 17.6. The first-order chi connectivity index (χ1) is 11.9. The van der Waals surface area contributed by atoms with E-state index in [1.165, 1.54) is 38.5 Å². The van der Waals surface area contributed by atoms with Gasteiger partial charge >= 0.3 is 0 Å². The predicted octanol–water partition coefficient (Wildman–Crippen LogP) is 5.09. The first-order valence-corrected chi connectivity index (χ1v) is 10.1. The molecule has 0 aliphatic heterocycles. The molecule has 4 aliphatic rings. The zero-order valence-corrected chi connectivity index (χ0v) is 16.1. The van der Waals surface area contributed by atoms with Crippen molar-refractivity contribution in [3.63, 3.8) is 0 Å². The van der Waals surface area contributed by atoms with Crippen LogP contribution in [0.4, 0.5) is 0 Å². The van der Waals surface area contributed by atoms with Gasteiger partial charge in [0, 0.05) is 11.1 Å². The number of hydrogen-bond donors (Lipinski definition) is 1. The van der Waals surface area contributed by atoms with Gasteiger partial charge in [-0.05, 0) is 86.8 Å². The topological polar surface area (TPSA) is 38.3 Å². The second-order valence-electron chi connectivity index (χ2n) is 8.43. The number of halogens is 2. The number of ether oxygens (including phenoxy) is 1. The van der Waals surface area contributed by atoms with Crippen LogP contribution in [0.5, 0.6) is 5.75 Å². The Morgan fingerprint density at radius 2 is 1.80 bits per heavy atom. The molecule has 3 nitrogen and oxygen atoms in total. The second-order valence-corrected chi connectivity index (χ2v) is 9.28. The molecule has 0 spiro atoms. The van der Waals surface area contributed by atoms with Crippen LogP contribution in [-0.4, -0.2) is 18.6 Å². The third-order valence-corrected chi connectivity index (χ3v) is 7.16. The SMILES string of the molecule is CC(NC(=O)COc1ccc(Cl)cc1Cl)C12CC3CC(CC(C3)C1)C2. The quantitative estimate of drug-likeness (QED) is 0.770. The van der Waals surface area contributed by atoms with Gasteiger partial charge in [-0.15, -0.1) is 0 Å². The van der Waals surface area contributed by atoms with Gasteiger partial charge in [0.2, 0.25) is 0 Å². The zero-order valence-electron chi connectivity index (χ0n) is 14.6. The minimum atomic E-state index is -0.0748. The minimum absolute atomic E-state index is 0.0158. The van der Waals surface area contributed by atoms with Crippen LogP contribution in [0, 0.1) is 23.2 Å². The number of rotatable bonds is 5. The number of amides is 1. The molecule has 4 saturated carbocycles. The highest BCUT2D eigenvalue weighted by Crippen LogP contribution is 2.61. The fourth-order valence-corrected chi connectivity index (χ4v) is 6.34. The van der Waals surface area contributed by atoms with E-state index in [2.05, 4.69) is 12.2 Å². The number of hydrogen-bond acceptors (Lipinski definition) is 2. The van der Waals surface area contributed by atoms with Crippen LogP contribution < -0.4 is 10.1 Å². The Kier molecular flexibility index (Phi) is 4.66. The molecule has 5 rings (SSSR count). The molecule has 1 amide bonds. The highest BCUT2D eigenvalue weighted by Gasteiger charge is 2.53. The summed E-state index contributed by atoms with van der Waals surface area (Å²) in [6.45, 7) is 2.17. The van der Waals surface area contributed by atoms with Crippen molar-refractivity contribution in [1.29, 1.82) is 0 Å². The van der Waals surface area contributed by atoms with Crippen LogP contribution in [-0.2, 0) is 4.79 Å². The molecule has 4 fully saturated rings. The van der Waals surface area contributed by atoms with Crippen molar-refractivity contribution in [2.24, 2.45) is 23.2 Å². The van der Waals surface area contributed by atoms with Crippen LogP contribution >= 0.6 is 23.2 Å². The van der Waals surface area contributed by atoms with Gasteiger partial charge in [0.05, 0.1) is 5.02 Å². The Hall–Kier alpha value is -0.930. The van der Waals surface area contributed by atoms with Crippen molar-refractivity contribution in [3.05, 3.63) is 28.2 Å². The molecule has 5 heteroatoms. The lowest BCUT2D eigenvalue weighted by atomic mass is 9.48. The average molecular weight is 382 g/mol. The van der Waals surface area contributed by atoms with Crippen molar-refractivity contribution in [3.8, 4) is 5.75 Å². The fourth-order valence-electron chi connectivity index (χ4n) is 5.88. The second kappa shape index (κ2) is 6.66. The van der Waals surface area contributed by atoms with E-state index < -0.39 is 0 Å². The van der Waals surface area contributed by atoms with Gasteiger partial charge in [0.25, 0.3) is 5.91 Å². The number of carbonyl (C=O) groups is 1. The maximum atomic E-state index is 12.4. The van der Waals surface area contributed by atoms with Crippen LogP contribution in [0.15, 0.2) is 18.2 Å². The van der Waals surface area contributed by atoms with Crippen LogP contribution in [0.3, 0.4) is 0 Å². The fraction of sp³-hybridized carbons (Fsp3) is 0.650. The summed E-state index contributed by atoms with van der Waals surface area (Å²) >= 11 is 12.0. The molecule has 0 heterocycles. The molecule has 0 radical (unpaired) electrons. The van der Waals surface area contributed by atoms with Gasteiger partial charge in [0.15, 0.2) is 6.61 Å². The van der Waals surface area contributed by atoms with Gasteiger partial charge in [-0.2, -0.15) is 0 Å². The van der Waals surface area contributed by atoms with E-state index in [4.69, 9.17) is 27.9 Å². The Morgan fingerprint density at radius 1 is 1.20 bits per heavy atom. The van der Waals surface area contributed by atoms with Crippen molar-refractivity contribution in [2.75, 3.05) is 6.61 Å². The molecule has 4 aliphatic carbocycles. The highest BCUT2D eigenvalue weighted by molar-refractivity contribution is 6.35. The maximum absolute atomic E-state index is 12.4. The van der Waals surface area contributed by atoms with E-state index >= 15 is 0 Å². The lowest BCUT2D eigenvalue weighted by molar-refractivity contribution is -0.127. The van der Waals surface area contributed by atoms with Crippen LogP contribution in [0.1, 0.15) is 45.4 Å². The van der Waals surface area contributed by atoms with Gasteiger partial charge in [0.1, 0.15) is 5.75 Å². The molecule has 1 unspecified atom stereocenters. The third-order valence-electron chi connectivity index (χ3n) is 6.63. The molecular weight excluding hydrogens is 357 g/mol. The molecule has 0 aromatic heterocycles. The van der Waals surface area contributed by atoms with Crippen molar-refractivity contribution in [1.82, 2.24) is 5.32 Å². The Balaban J connectivity index is 1.34. The number of nitrogens with one attached hydrogen (secondary N) is 1. The number of carbonyl (C=O) groups excluding carboxylic acids is 1. The van der Waals surface area contributed by atoms with Crippen LogP contribution in [0.2, 0.25) is 10.0 Å². The summed E-state index contributed by atoms with van der Waals surface area (Å²) in [5.74, 6) is 3.07. The third kappa shape index (κ3) is 3.50. The van der Waals surface area contributed by atoms with Gasteiger partial charge in [-0.25, -0.2) is 0 Å². The summed E-state index contributed by atoms with van der Waals surface area (Å²) < 4.78 is 5.57. The smallest absolute Gasteiger partial charge is 0.258 e. The summed E-state index contributed by atoms with van der Waals surface area (Å²) in [5, 5.41) is 4.18. The van der Waals surface area contributed by atoms with E-state index in [1.54, 1.807) is 18.2 Å². The summed E-state index contributed by atoms with van der Waals surface area (Å²) in [7, 11) is 0. The summed E-state index contributed by atoms with van der Waals surface area (Å²) in [6, 6.07) is 5.23. The van der Waals surface area contributed by atoms with E-state index in [1.807, 2.05) is 0 Å². The predicted molar refractivity (Wildman–Crippen MR) is 100 cm³/mol. The van der Waals surface area contributed by atoms with Crippen molar-refractivity contribution < 1.29 is 9.53 Å². The highest BCUT2D eigenvalue weighted by atomic mass is 35.5. The van der Waals surface area contributed by atoms with E-state index in [9.17, 15) is 4.79 Å². The standard InChI is InChI=1S/C20H25Cl2NO2/c1-12(20-8-13-4-14(9-20)6-15(5-13)10-20)23-19(24)11-25-18-3-2-16(21)7-17(18)22/h2-3,7,12-15H,4-6,8-11H2,1H3,(H,23,24). The molecule has 0 saturated heterocycles. The minimum Gasteiger partial charge on any atom is -0.482 e. The largest absolute Gasteiger partial charge is 0.482 e. The van der Waals surface area contributed by atoms with Gasteiger partial charge in [-0.1, -0.05) is 23.2 Å². The molecule has 4 bridgehead atoms. The normalized spacial score (nSPS) is 34.0. The molecular formula is C20H25Cl2NO2. The molecule has 1 atom stereocenters. The van der Waals surface area contributed by atoms with E-state index in [-0.39, 0.29) is 18.6 Å². The first kappa shape index (κ1) is 17.5. The lowest BCUT2D eigenvalue weighted by Gasteiger charge is -2.59. The monoisotopic (exact) mass is 381 g/mol. The summed E-state index contributed by atoms with van der Waals surface area (Å²) in [5.41, 5.74) is 0.308. The summed E-state index contributed by atoms with van der Waals surface area (Å²) in [4.78, 5) is 12.4.